The molecule has 1 amide bonds. The van der Waals surface area contributed by atoms with Crippen LogP contribution in [0.4, 0.5) is 8.78 Å². The van der Waals surface area contributed by atoms with E-state index in [2.05, 4.69) is 0 Å². The fraction of sp³-hybridized carbons (Fsp3) is 0.238. The third kappa shape index (κ3) is 3.66. The van der Waals surface area contributed by atoms with Gasteiger partial charge in [-0.3, -0.25) is 9.59 Å². The number of halogens is 2. The van der Waals surface area contributed by atoms with E-state index in [4.69, 9.17) is 4.74 Å². The van der Waals surface area contributed by atoms with E-state index >= 15 is 0 Å². The number of nitrogens with zero attached hydrogens (tertiary/aromatic N) is 1. The topological polar surface area (TPSA) is 66.8 Å². The summed E-state index contributed by atoms with van der Waals surface area (Å²) >= 11 is 0. The highest BCUT2D eigenvalue weighted by Gasteiger charge is 2.46. The van der Waals surface area contributed by atoms with Crippen molar-refractivity contribution >= 4 is 17.4 Å². The first-order valence-electron chi connectivity index (χ1n) is 8.73. The number of ether oxygens (including phenoxy) is 1. The van der Waals surface area contributed by atoms with Crippen molar-refractivity contribution in [1.29, 1.82) is 0 Å². The highest BCUT2D eigenvalue weighted by atomic mass is 19.1. The number of carbonyl (C=O) groups excluding carboxylic acids is 2. The van der Waals surface area contributed by atoms with Crippen molar-refractivity contribution in [2.75, 3.05) is 20.3 Å². The number of ketones is 1. The molecule has 1 fully saturated rings. The van der Waals surface area contributed by atoms with Crippen molar-refractivity contribution in [2.24, 2.45) is 0 Å². The summed E-state index contributed by atoms with van der Waals surface area (Å²) in [4.78, 5) is 26.5. The summed E-state index contributed by atoms with van der Waals surface area (Å²) in [5.41, 5.74) is 0.0412. The number of aliphatic hydroxyl groups excluding tert-OH is 1. The molecular weight excluding hydrogens is 368 g/mol. The second-order valence-electron chi connectivity index (χ2n) is 6.37. The van der Waals surface area contributed by atoms with Crippen molar-refractivity contribution in [1.82, 2.24) is 4.90 Å². The van der Waals surface area contributed by atoms with Gasteiger partial charge in [0.25, 0.3) is 11.7 Å². The van der Waals surface area contributed by atoms with Gasteiger partial charge in [0.2, 0.25) is 0 Å². The number of Topliss-reactive ketones (excluding diaryl/α,β-unsaturated/α-hetero) is 1. The van der Waals surface area contributed by atoms with Crippen LogP contribution in [0, 0.1) is 11.6 Å². The maximum absolute atomic E-state index is 14.5. The van der Waals surface area contributed by atoms with Crippen LogP contribution in [-0.2, 0) is 14.3 Å². The van der Waals surface area contributed by atoms with Crippen molar-refractivity contribution < 1.29 is 28.2 Å². The minimum atomic E-state index is -1.08. The van der Waals surface area contributed by atoms with E-state index < -0.39 is 35.1 Å². The molecule has 1 heterocycles. The van der Waals surface area contributed by atoms with E-state index in [-0.39, 0.29) is 23.2 Å². The number of rotatable bonds is 6. The van der Waals surface area contributed by atoms with E-state index in [9.17, 15) is 23.5 Å². The Bertz CT molecular complexity index is 924. The molecule has 1 aliphatic rings. The van der Waals surface area contributed by atoms with Crippen LogP contribution in [0.15, 0.2) is 54.1 Å². The lowest BCUT2D eigenvalue weighted by atomic mass is 9.95. The third-order valence-electron chi connectivity index (χ3n) is 4.60. The average molecular weight is 387 g/mol. The van der Waals surface area contributed by atoms with Crippen LogP contribution in [-0.4, -0.2) is 42.0 Å². The Morgan fingerprint density at radius 1 is 1.11 bits per heavy atom. The van der Waals surface area contributed by atoms with E-state index in [0.717, 1.165) is 12.1 Å². The standard InChI is InChI=1S/C21H19F2NO4/c1-28-12-4-11-24-18(15-5-2-3-6-16(15)23)17(20(26)21(24)27)19(25)13-7-9-14(22)10-8-13/h2-3,5-10,18,25H,4,11-12H2,1H3. The van der Waals surface area contributed by atoms with E-state index in [0.29, 0.717) is 13.0 Å². The van der Waals surface area contributed by atoms with Gasteiger partial charge in [0.15, 0.2) is 0 Å². The summed E-state index contributed by atoms with van der Waals surface area (Å²) < 4.78 is 32.7. The highest BCUT2D eigenvalue weighted by molar-refractivity contribution is 6.46. The van der Waals surface area contributed by atoms with Gasteiger partial charge in [-0.25, -0.2) is 8.78 Å². The number of likely N-dealkylation sites (tertiary alicyclic amines) is 1. The van der Waals surface area contributed by atoms with Gasteiger partial charge in [0.05, 0.1) is 11.6 Å². The number of carbonyl (C=O) groups is 2. The monoisotopic (exact) mass is 387 g/mol. The Labute approximate surface area is 160 Å². The zero-order valence-electron chi connectivity index (χ0n) is 15.2. The van der Waals surface area contributed by atoms with Crippen LogP contribution in [0.1, 0.15) is 23.6 Å². The van der Waals surface area contributed by atoms with Gasteiger partial charge >= 0.3 is 0 Å². The number of aliphatic hydroxyl groups is 1. The Balaban J connectivity index is 2.14. The summed E-state index contributed by atoms with van der Waals surface area (Å²) in [5.74, 6) is -3.32. The first-order valence-corrected chi connectivity index (χ1v) is 8.73. The summed E-state index contributed by atoms with van der Waals surface area (Å²) in [7, 11) is 1.51. The van der Waals surface area contributed by atoms with E-state index in [1.807, 2.05) is 0 Å². The first kappa shape index (κ1) is 19.7. The van der Waals surface area contributed by atoms with Crippen LogP contribution in [0.3, 0.4) is 0 Å². The molecule has 146 valence electrons. The summed E-state index contributed by atoms with van der Waals surface area (Å²) in [6.45, 7) is 0.503. The van der Waals surface area contributed by atoms with Crippen molar-refractivity contribution in [3.63, 3.8) is 0 Å². The van der Waals surface area contributed by atoms with Crippen LogP contribution in [0.2, 0.25) is 0 Å². The Hall–Kier alpha value is -3.06. The number of hydrogen-bond acceptors (Lipinski definition) is 4. The van der Waals surface area contributed by atoms with Gasteiger partial charge in [-0.05, 0) is 36.8 Å². The predicted molar refractivity (Wildman–Crippen MR) is 98.3 cm³/mol. The lowest BCUT2D eigenvalue weighted by molar-refractivity contribution is -0.140. The molecule has 2 aromatic carbocycles. The average Bonchev–Trinajstić information content (AvgIpc) is 2.93. The Kier molecular flexibility index (Phi) is 5.84. The van der Waals surface area contributed by atoms with Gasteiger partial charge < -0.3 is 14.7 Å². The fourth-order valence-electron chi connectivity index (χ4n) is 3.27. The molecule has 1 aliphatic heterocycles. The largest absolute Gasteiger partial charge is 0.507 e. The summed E-state index contributed by atoms with van der Waals surface area (Å²) in [6, 6.07) is 9.53. The Morgan fingerprint density at radius 2 is 1.79 bits per heavy atom. The highest BCUT2D eigenvalue weighted by Crippen LogP contribution is 2.40. The van der Waals surface area contributed by atoms with Crippen molar-refractivity contribution in [3.8, 4) is 0 Å². The van der Waals surface area contributed by atoms with Gasteiger partial charge in [-0.2, -0.15) is 0 Å². The lowest BCUT2D eigenvalue weighted by Crippen LogP contribution is -2.31. The molecule has 7 heteroatoms. The molecule has 0 bridgehead atoms. The zero-order chi connectivity index (χ0) is 20.3. The summed E-state index contributed by atoms with van der Waals surface area (Å²) in [6.07, 6.45) is 0.436. The minimum Gasteiger partial charge on any atom is -0.507 e. The molecule has 2 aromatic rings. The van der Waals surface area contributed by atoms with Crippen molar-refractivity contribution in [2.45, 2.75) is 12.5 Å². The maximum atomic E-state index is 14.5. The van der Waals surface area contributed by atoms with Crippen molar-refractivity contribution in [3.05, 3.63) is 76.9 Å². The molecule has 0 saturated carbocycles. The lowest BCUT2D eigenvalue weighted by Gasteiger charge is -2.25. The molecule has 1 atom stereocenters. The molecule has 3 rings (SSSR count). The van der Waals surface area contributed by atoms with Gasteiger partial charge in [0.1, 0.15) is 17.4 Å². The van der Waals surface area contributed by atoms with Gasteiger partial charge in [-0.15, -0.1) is 0 Å². The summed E-state index contributed by atoms with van der Waals surface area (Å²) in [5, 5.41) is 10.7. The molecule has 1 saturated heterocycles. The number of benzene rings is 2. The normalized spacial score (nSPS) is 18.7. The Morgan fingerprint density at radius 3 is 2.43 bits per heavy atom. The number of amides is 1. The van der Waals surface area contributed by atoms with Gasteiger partial charge in [-0.1, -0.05) is 18.2 Å². The molecule has 1 unspecified atom stereocenters. The van der Waals surface area contributed by atoms with Gasteiger partial charge in [0, 0.05) is 31.4 Å². The third-order valence-corrected chi connectivity index (χ3v) is 4.60. The molecule has 0 aromatic heterocycles. The smallest absolute Gasteiger partial charge is 0.295 e. The molecule has 0 radical (unpaired) electrons. The van der Waals surface area contributed by atoms with Crippen LogP contribution < -0.4 is 0 Å². The van der Waals surface area contributed by atoms with Crippen LogP contribution >= 0.6 is 0 Å². The van der Waals surface area contributed by atoms with E-state index in [1.54, 1.807) is 6.07 Å². The second-order valence-corrected chi connectivity index (χ2v) is 6.37. The molecule has 0 spiro atoms. The predicted octanol–water partition coefficient (Wildman–Crippen LogP) is 3.42. The molecular formula is C21H19F2NO4. The first-order chi connectivity index (χ1) is 13.5. The molecule has 0 aliphatic carbocycles. The van der Waals surface area contributed by atoms with Crippen LogP contribution in [0.5, 0.6) is 0 Å². The maximum Gasteiger partial charge on any atom is 0.295 e. The quantitative estimate of drug-likeness (QED) is 0.357. The van der Waals surface area contributed by atoms with Crippen LogP contribution in [0.25, 0.3) is 5.76 Å². The molecule has 1 N–H and O–H groups in total. The number of methoxy groups -OCH3 is 1. The SMILES string of the molecule is COCCCN1C(=O)C(=O)C(=C(O)c2ccc(F)cc2)C1c1ccccc1F. The van der Waals surface area contributed by atoms with E-state index in [1.165, 1.54) is 42.3 Å². The second kappa shape index (κ2) is 8.31. The number of hydrogen-bond donors (Lipinski definition) is 1. The molecule has 5 nitrogen and oxygen atoms in total. The molecule has 28 heavy (non-hydrogen) atoms. The minimum absolute atomic E-state index is 0.0998. The zero-order valence-corrected chi connectivity index (χ0v) is 15.2. The fourth-order valence-corrected chi connectivity index (χ4v) is 3.27.